The van der Waals surface area contributed by atoms with E-state index in [1.807, 2.05) is 19.3 Å². The number of hydrogen-bond donors (Lipinski definition) is 2. The van der Waals surface area contributed by atoms with Gasteiger partial charge in [-0.2, -0.15) is 11.8 Å². The molecule has 4 heteroatoms. The molecule has 78 valence electrons. The molecular weight excluding hydrogens is 198 g/mol. The van der Waals surface area contributed by atoms with Crippen LogP contribution in [0, 0.1) is 6.92 Å². The number of thioether (sulfide) groups is 1. The van der Waals surface area contributed by atoms with Gasteiger partial charge in [-0.15, -0.1) is 0 Å². The lowest BCUT2D eigenvalue weighted by molar-refractivity contribution is 0.113. The second kappa shape index (κ2) is 6.01. The van der Waals surface area contributed by atoms with Crippen LogP contribution in [0.3, 0.4) is 0 Å². The molecule has 0 bridgehead atoms. The van der Waals surface area contributed by atoms with Crippen molar-refractivity contribution in [2.45, 2.75) is 18.8 Å². The highest BCUT2D eigenvalue weighted by atomic mass is 32.2. The molecular formula is C10H15NO2S. The Bertz CT molecular complexity index is 281. The van der Waals surface area contributed by atoms with E-state index in [1.54, 1.807) is 11.8 Å². The smallest absolute Gasteiger partial charge is 0.0861 e. The second-order valence-corrected chi connectivity index (χ2v) is 4.25. The number of aliphatic hydroxyl groups is 2. The number of pyridine rings is 1. The quantitative estimate of drug-likeness (QED) is 0.765. The number of aliphatic hydroxyl groups excluding tert-OH is 2. The molecule has 3 nitrogen and oxygen atoms in total. The van der Waals surface area contributed by atoms with E-state index in [2.05, 4.69) is 11.1 Å². The fourth-order valence-electron chi connectivity index (χ4n) is 1.06. The minimum atomic E-state index is -0.613. The molecule has 2 N–H and O–H groups in total. The minimum Gasteiger partial charge on any atom is -0.394 e. The maximum atomic E-state index is 9.10. The van der Waals surface area contributed by atoms with Gasteiger partial charge < -0.3 is 10.2 Å². The van der Waals surface area contributed by atoms with E-state index in [0.717, 1.165) is 16.9 Å². The summed E-state index contributed by atoms with van der Waals surface area (Å²) in [6.07, 6.45) is 3.03. The number of rotatable bonds is 5. The van der Waals surface area contributed by atoms with Crippen molar-refractivity contribution in [1.29, 1.82) is 0 Å². The van der Waals surface area contributed by atoms with Gasteiger partial charge in [0.15, 0.2) is 0 Å². The van der Waals surface area contributed by atoms with E-state index in [4.69, 9.17) is 10.2 Å². The van der Waals surface area contributed by atoms with Gasteiger partial charge in [0.1, 0.15) is 0 Å². The summed E-state index contributed by atoms with van der Waals surface area (Å²) in [7, 11) is 0. The monoisotopic (exact) mass is 213 g/mol. The van der Waals surface area contributed by atoms with Gasteiger partial charge in [0.2, 0.25) is 0 Å². The Kier molecular flexibility index (Phi) is 4.93. The van der Waals surface area contributed by atoms with Crippen LogP contribution in [0.4, 0.5) is 0 Å². The van der Waals surface area contributed by atoms with E-state index in [-0.39, 0.29) is 6.61 Å². The summed E-state index contributed by atoms with van der Waals surface area (Å²) in [5, 5.41) is 17.7. The summed E-state index contributed by atoms with van der Waals surface area (Å²) in [5.74, 6) is 1.39. The van der Waals surface area contributed by atoms with Gasteiger partial charge in [0.05, 0.1) is 12.7 Å². The van der Waals surface area contributed by atoms with Crippen molar-refractivity contribution in [2.24, 2.45) is 0 Å². The lowest BCUT2D eigenvalue weighted by Crippen LogP contribution is -2.14. The van der Waals surface area contributed by atoms with Crippen LogP contribution in [-0.4, -0.2) is 33.7 Å². The molecule has 0 fully saturated rings. The number of nitrogens with zero attached hydrogens (tertiary/aromatic N) is 1. The van der Waals surface area contributed by atoms with Gasteiger partial charge in [-0.3, -0.25) is 4.98 Å². The van der Waals surface area contributed by atoms with E-state index < -0.39 is 6.10 Å². The molecule has 1 rings (SSSR count). The SMILES string of the molecule is Cc1cncc(CSCC(O)CO)c1. The molecule has 0 radical (unpaired) electrons. The molecule has 0 aliphatic carbocycles. The number of hydrogen-bond acceptors (Lipinski definition) is 4. The lowest BCUT2D eigenvalue weighted by Gasteiger charge is -2.06. The van der Waals surface area contributed by atoms with Gasteiger partial charge in [-0.05, 0) is 18.1 Å². The lowest BCUT2D eigenvalue weighted by atomic mass is 10.2. The molecule has 0 saturated heterocycles. The summed E-state index contributed by atoms with van der Waals surface area (Å²) >= 11 is 1.60. The average molecular weight is 213 g/mol. The van der Waals surface area contributed by atoms with E-state index >= 15 is 0 Å². The summed E-state index contributed by atoms with van der Waals surface area (Å²) < 4.78 is 0. The highest BCUT2D eigenvalue weighted by Crippen LogP contribution is 2.13. The predicted molar refractivity (Wildman–Crippen MR) is 58.2 cm³/mol. The zero-order chi connectivity index (χ0) is 10.4. The highest BCUT2D eigenvalue weighted by Gasteiger charge is 2.02. The molecule has 1 heterocycles. The Hall–Kier alpha value is -0.580. The summed E-state index contributed by atoms with van der Waals surface area (Å²) in [4.78, 5) is 4.08. The van der Waals surface area contributed by atoms with Crippen molar-refractivity contribution < 1.29 is 10.2 Å². The van der Waals surface area contributed by atoms with Gasteiger partial charge in [-0.1, -0.05) is 6.07 Å². The van der Waals surface area contributed by atoms with Gasteiger partial charge >= 0.3 is 0 Å². The zero-order valence-electron chi connectivity index (χ0n) is 8.18. The number of aromatic nitrogens is 1. The van der Waals surface area contributed by atoms with Crippen molar-refractivity contribution in [3.05, 3.63) is 29.6 Å². The Labute approximate surface area is 88.2 Å². The topological polar surface area (TPSA) is 53.4 Å². The fourth-order valence-corrected chi connectivity index (χ4v) is 1.95. The fraction of sp³-hybridized carbons (Fsp3) is 0.500. The predicted octanol–water partition coefficient (Wildman–Crippen LogP) is 0.976. The molecule has 14 heavy (non-hydrogen) atoms. The molecule has 1 atom stereocenters. The largest absolute Gasteiger partial charge is 0.394 e. The van der Waals surface area contributed by atoms with Crippen LogP contribution in [0.25, 0.3) is 0 Å². The van der Waals surface area contributed by atoms with Crippen LogP contribution in [-0.2, 0) is 5.75 Å². The summed E-state index contributed by atoms with van der Waals surface area (Å²) in [6, 6.07) is 2.07. The van der Waals surface area contributed by atoms with Crippen LogP contribution in [0.5, 0.6) is 0 Å². The van der Waals surface area contributed by atoms with Gasteiger partial charge in [-0.25, -0.2) is 0 Å². The van der Waals surface area contributed by atoms with Gasteiger partial charge in [0, 0.05) is 23.9 Å². The van der Waals surface area contributed by atoms with Crippen LogP contribution >= 0.6 is 11.8 Å². The normalized spacial score (nSPS) is 12.8. The Balaban J connectivity index is 2.31. The first-order valence-corrected chi connectivity index (χ1v) is 5.65. The molecule has 0 aliphatic heterocycles. The highest BCUT2D eigenvalue weighted by molar-refractivity contribution is 7.98. The summed E-state index contributed by atoms with van der Waals surface area (Å²) in [5.41, 5.74) is 2.30. The molecule has 1 unspecified atom stereocenters. The maximum Gasteiger partial charge on any atom is 0.0861 e. The van der Waals surface area contributed by atoms with Gasteiger partial charge in [0.25, 0.3) is 0 Å². The first kappa shape index (κ1) is 11.5. The molecule has 0 amide bonds. The van der Waals surface area contributed by atoms with Crippen molar-refractivity contribution in [3.63, 3.8) is 0 Å². The van der Waals surface area contributed by atoms with Crippen molar-refractivity contribution in [3.8, 4) is 0 Å². The summed E-state index contributed by atoms with van der Waals surface area (Å²) in [6.45, 7) is 1.84. The average Bonchev–Trinajstić information content (AvgIpc) is 2.17. The van der Waals surface area contributed by atoms with E-state index in [9.17, 15) is 0 Å². The first-order valence-electron chi connectivity index (χ1n) is 4.49. The van der Waals surface area contributed by atoms with Crippen LogP contribution in [0.15, 0.2) is 18.5 Å². The third kappa shape index (κ3) is 4.09. The maximum absolute atomic E-state index is 9.10. The van der Waals surface area contributed by atoms with Crippen LogP contribution in [0.2, 0.25) is 0 Å². The molecule has 0 saturated carbocycles. The molecule has 1 aromatic rings. The molecule has 0 aliphatic rings. The van der Waals surface area contributed by atoms with E-state index in [0.29, 0.717) is 5.75 Å². The van der Waals surface area contributed by atoms with E-state index in [1.165, 1.54) is 0 Å². The minimum absolute atomic E-state index is 0.168. The van der Waals surface area contributed by atoms with Crippen molar-refractivity contribution >= 4 is 11.8 Å². The third-order valence-electron chi connectivity index (χ3n) is 1.72. The second-order valence-electron chi connectivity index (χ2n) is 3.22. The Morgan fingerprint density at radius 2 is 2.29 bits per heavy atom. The first-order chi connectivity index (χ1) is 6.72. The van der Waals surface area contributed by atoms with Crippen LogP contribution in [0.1, 0.15) is 11.1 Å². The zero-order valence-corrected chi connectivity index (χ0v) is 9.00. The third-order valence-corrected chi connectivity index (χ3v) is 2.88. The molecule has 0 aromatic carbocycles. The van der Waals surface area contributed by atoms with Crippen molar-refractivity contribution in [1.82, 2.24) is 4.98 Å². The molecule has 0 spiro atoms. The van der Waals surface area contributed by atoms with Crippen molar-refractivity contribution in [2.75, 3.05) is 12.4 Å². The Morgan fingerprint density at radius 1 is 1.50 bits per heavy atom. The van der Waals surface area contributed by atoms with Crippen LogP contribution < -0.4 is 0 Å². The Morgan fingerprint density at radius 3 is 2.93 bits per heavy atom. The standard InChI is InChI=1S/C10H15NO2S/c1-8-2-9(4-11-3-8)6-14-7-10(13)5-12/h2-4,10,12-13H,5-7H2,1H3. The number of aryl methyl sites for hydroxylation is 1. The molecule has 1 aromatic heterocycles.